The largest absolute Gasteiger partial charge is 0.545 e. The molecule has 0 radical (unpaired) electrons. The van der Waals surface area contributed by atoms with Crippen LogP contribution in [0.3, 0.4) is 0 Å². The summed E-state index contributed by atoms with van der Waals surface area (Å²) in [7, 11) is 0. The van der Waals surface area contributed by atoms with E-state index in [1.54, 1.807) is 0 Å². The highest BCUT2D eigenvalue weighted by molar-refractivity contribution is 5.89. The molecule has 1 aromatic carbocycles. The lowest BCUT2D eigenvalue weighted by Gasteiger charge is -2.04. The summed E-state index contributed by atoms with van der Waals surface area (Å²) in [5, 5.41) is 20.4. The fourth-order valence-electron chi connectivity index (χ4n) is 0.860. The van der Waals surface area contributed by atoms with Crippen molar-refractivity contribution in [2.24, 2.45) is 0 Å². The molecule has 0 bridgehead atoms. The number of carbonyl (C=O) groups is 2. The van der Waals surface area contributed by atoms with Crippen LogP contribution in [0, 0.1) is 0 Å². The molecule has 5 heteroatoms. The van der Waals surface area contributed by atoms with Crippen LogP contribution in [-0.2, 0) is 4.74 Å². The number of ether oxygens (including phenoxy) is 1. The Hall–Kier alpha value is -2.30. The zero-order chi connectivity index (χ0) is 13.3. The van der Waals surface area contributed by atoms with Crippen LogP contribution in [0.15, 0.2) is 37.1 Å². The second-order valence-electron chi connectivity index (χ2n) is 2.77. The monoisotopic (exact) mass is 236 g/mol. The van der Waals surface area contributed by atoms with E-state index in [1.807, 2.05) is 6.92 Å². The number of benzene rings is 1. The van der Waals surface area contributed by atoms with E-state index in [9.17, 15) is 19.8 Å². The van der Waals surface area contributed by atoms with Crippen molar-refractivity contribution in [3.63, 3.8) is 0 Å². The number of carboxylic acids is 2. The van der Waals surface area contributed by atoms with Crippen molar-refractivity contribution < 1.29 is 24.5 Å². The molecular formula is C12H12O5-2. The SMILES string of the molecule is C=COCC.O=C([O-])c1ccc(C(=O)[O-])cc1. The van der Waals surface area contributed by atoms with Gasteiger partial charge in [0.25, 0.3) is 0 Å². The molecule has 0 aliphatic carbocycles. The second-order valence-corrected chi connectivity index (χ2v) is 2.77. The Morgan fingerprint density at radius 1 is 1.18 bits per heavy atom. The molecule has 0 saturated heterocycles. The lowest BCUT2D eigenvalue weighted by Crippen LogP contribution is -2.24. The van der Waals surface area contributed by atoms with Crippen LogP contribution in [0.5, 0.6) is 0 Å². The highest BCUT2D eigenvalue weighted by Crippen LogP contribution is 2.01. The van der Waals surface area contributed by atoms with Crippen LogP contribution >= 0.6 is 0 Å². The fraction of sp³-hybridized carbons (Fsp3) is 0.167. The Morgan fingerprint density at radius 3 is 1.65 bits per heavy atom. The number of carbonyl (C=O) groups excluding carboxylic acids is 2. The molecule has 92 valence electrons. The second kappa shape index (κ2) is 7.92. The Kier molecular flexibility index (Phi) is 6.85. The third kappa shape index (κ3) is 5.99. The van der Waals surface area contributed by atoms with Gasteiger partial charge < -0.3 is 24.5 Å². The molecule has 5 nitrogen and oxygen atoms in total. The van der Waals surface area contributed by atoms with Crippen LogP contribution in [0.4, 0.5) is 0 Å². The molecule has 0 spiro atoms. The lowest BCUT2D eigenvalue weighted by atomic mass is 10.1. The van der Waals surface area contributed by atoms with Crippen molar-refractivity contribution in [1.29, 1.82) is 0 Å². The Balaban J connectivity index is 0.000000437. The van der Waals surface area contributed by atoms with Gasteiger partial charge in [-0.3, -0.25) is 0 Å². The van der Waals surface area contributed by atoms with Crippen molar-refractivity contribution >= 4 is 11.9 Å². The summed E-state index contributed by atoms with van der Waals surface area (Å²) < 4.78 is 4.60. The van der Waals surface area contributed by atoms with Gasteiger partial charge in [-0.15, -0.1) is 0 Å². The average molecular weight is 236 g/mol. The number of carboxylic acid groups (broad SMARTS) is 2. The van der Waals surface area contributed by atoms with E-state index in [4.69, 9.17) is 0 Å². The van der Waals surface area contributed by atoms with E-state index < -0.39 is 11.9 Å². The van der Waals surface area contributed by atoms with Crippen molar-refractivity contribution in [1.82, 2.24) is 0 Å². The summed E-state index contributed by atoms with van der Waals surface area (Å²) in [6.45, 7) is 5.97. The first-order chi connectivity index (χ1) is 8.02. The van der Waals surface area contributed by atoms with Crippen molar-refractivity contribution in [3.8, 4) is 0 Å². The first kappa shape index (κ1) is 14.7. The molecule has 17 heavy (non-hydrogen) atoms. The van der Waals surface area contributed by atoms with E-state index in [1.165, 1.54) is 6.26 Å². The Labute approximate surface area is 99.0 Å². The predicted molar refractivity (Wildman–Crippen MR) is 56.9 cm³/mol. The predicted octanol–water partition coefficient (Wildman–Crippen LogP) is -0.420. The van der Waals surface area contributed by atoms with Crippen LogP contribution < -0.4 is 10.2 Å². The molecular weight excluding hydrogens is 224 g/mol. The van der Waals surface area contributed by atoms with Crippen LogP contribution in [0.1, 0.15) is 27.6 Å². The minimum absolute atomic E-state index is 0.0556. The van der Waals surface area contributed by atoms with E-state index >= 15 is 0 Å². The molecule has 0 fully saturated rings. The van der Waals surface area contributed by atoms with Gasteiger partial charge in [0.15, 0.2) is 0 Å². The van der Waals surface area contributed by atoms with Crippen LogP contribution in [-0.4, -0.2) is 18.5 Å². The quantitative estimate of drug-likeness (QED) is 0.662. The standard InChI is InChI=1S/C8H6O4.C4H8O/c9-7(10)5-1-2-6(4-3-5)8(11)12;1-3-5-4-2/h1-4H,(H,9,10)(H,11,12);3H,1,4H2,2H3/p-2. The minimum atomic E-state index is -1.33. The van der Waals surface area contributed by atoms with Gasteiger partial charge in [-0.25, -0.2) is 0 Å². The van der Waals surface area contributed by atoms with E-state index in [0.29, 0.717) is 0 Å². The van der Waals surface area contributed by atoms with Gasteiger partial charge in [-0.1, -0.05) is 30.8 Å². The summed E-state index contributed by atoms with van der Waals surface area (Å²) >= 11 is 0. The minimum Gasteiger partial charge on any atom is -0.545 e. The molecule has 0 N–H and O–H groups in total. The molecule has 0 amide bonds. The molecule has 0 unspecified atom stereocenters. The maximum atomic E-state index is 10.2. The summed E-state index contributed by atoms with van der Waals surface area (Å²) in [5.74, 6) is -2.67. The summed E-state index contributed by atoms with van der Waals surface area (Å²) in [6, 6.07) is 4.61. The van der Waals surface area contributed by atoms with Gasteiger partial charge >= 0.3 is 0 Å². The number of rotatable bonds is 4. The highest BCUT2D eigenvalue weighted by atomic mass is 16.5. The Morgan fingerprint density at radius 2 is 1.53 bits per heavy atom. The summed E-state index contributed by atoms with van der Waals surface area (Å²) in [5.41, 5.74) is -0.111. The molecule has 1 aromatic rings. The van der Waals surface area contributed by atoms with E-state index in [0.717, 1.165) is 30.9 Å². The van der Waals surface area contributed by atoms with Gasteiger partial charge in [0.2, 0.25) is 0 Å². The Bertz CT molecular complexity index is 347. The molecule has 0 heterocycles. The normalized spacial score (nSPS) is 8.53. The zero-order valence-electron chi connectivity index (χ0n) is 9.34. The van der Waals surface area contributed by atoms with Gasteiger partial charge in [-0.05, 0) is 18.1 Å². The highest BCUT2D eigenvalue weighted by Gasteiger charge is 1.94. The van der Waals surface area contributed by atoms with Crippen LogP contribution in [0.2, 0.25) is 0 Å². The topological polar surface area (TPSA) is 89.5 Å². The van der Waals surface area contributed by atoms with E-state index in [-0.39, 0.29) is 11.1 Å². The van der Waals surface area contributed by atoms with Gasteiger partial charge in [-0.2, -0.15) is 0 Å². The number of hydrogen-bond donors (Lipinski definition) is 0. The van der Waals surface area contributed by atoms with Gasteiger partial charge in [0.05, 0.1) is 24.8 Å². The molecule has 0 saturated carbocycles. The maximum Gasteiger partial charge on any atom is 0.0844 e. The van der Waals surface area contributed by atoms with E-state index in [2.05, 4.69) is 11.3 Å². The first-order valence-corrected chi connectivity index (χ1v) is 4.78. The summed E-state index contributed by atoms with van der Waals surface area (Å²) in [6.07, 6.45) is 1.43. The molecule has 0 aromatic heterocycles. The van der Waals surface area contributed by atoms with Crippen molar-refractivity contribution in [2.75, 3.05) is 6.61 Å². The van der Waals surface area contributed by atoms with Gasteiger partial charge in [0, 0.05) is 0 Å². The van der Waals surface area contributed by atoms with Crippen molar-refractivity contribution in [3.05, 3.63) is 48.2 Å². The third-order valence-corrected chi connectivity index (χ3v) is 1.64. The molecule has 1 rings (SSSR count). The van der Waals surface area contributed by atoms with Crippen molar-refractivity contribution in [2.45, 2.75) is 6.92 Å². The molecule has 0 aliphatic rings. The molecule has 0 atom stereocenters. The number of aromatic carboxylic acids is 2. The smallest absolute Gasteiger partial charge is 0.0844 e. The van der Waals surface area contributed by atoms with Crippen LogP contribution in [0.25, 0.3) is 0 Å². The third-order valence-electron chi connectivity index (χ3n) is 1.64. The zero-order valence-corrected chi connectivity index (χ0v) is 9.34. The molecule has 0 aliphatic heterocycles. The summed E-state index contributed by atoms with van der Waals surface area (Å²) in [4.78, 5) is 20.4. The first-order valence-electron chi connectivity index (χ1n) is 4.78. The maximum absolute atomic E-state index is 10.2. The average Bonchev–Trinajstić information content (AvgIpc) is 2.31. The van der Waals surface area contributed by atoms with Gasteiger partial charge in [0.1, 0.15) is 0 Å². The fourth-order valence-corrected chi connectivity index (χ4v) is 0.860. The lowest BCUT2D eigenvalue weighted by molar-refractivity contribution is -0.256. The number of hydrogen-bond acceptors (Lipinski definition) is 5.